The maximum atomic E-state index is 11.3. The maximum Gasteiger partial charge on any atom is 0.308 e. The van der Waals surface area contributed by atoms with Gasteiger partial charge < -0.3 is 14.7 Å². The van der Waals surface area contributed by atoms with Crippen LogP contribution < -0.4 is 9.64 Å². The molecule has 1 aliphatic rings. The van der Waals surface area contributed by atoms with Crippen molar-refractivity contribution in [2.75, 3.05) is 18.6 Å². The maximum absolute atomic E-state index is 11.3. The lowest BCUT2D eigenvalue weighted by atomic mass is 9.88. The van der Waals surface area contributed by atoms with Gasteiger partial charge in [-0.05, 0) is 32.4 Å². The number of rotatable bonds is 3. The number of carboxylic acids is 1. The van der Waals surface area contributed by atoms with Gasteiger partial charge in [0.05, 0.1) is 13.0 Å². The van der Waals surface area contributed by atoms with Gasteiger partial charge in [0.15, 0.2) is 0 Å². The molecule has 0 radical (unpaired) electrons. The number of ether oxygens (including phenoxy) is 1. The van der Waals surface area contributed by atoms with Crippen molar-refractivity contribution >= 4 is 11.7 Å². The van der Waals surface area contributed by atoms with E-state index in [1.54, 1.807) is 7.11 Å². The minimum Gasteiger partial charge on any atom is -0.497 e. The van der Waals surface area contributed by atoms with Gasteiger partial charge in [-0.25, -0.2) is 0 Å². The summed E-state index contributed by atoms with van der Waals surface area (Å²) < 4.78 is 5.21. The largest absolute Gasteiger partial charge is 0.497 e. The number of carbonyl (C=O) groups is 1. The molecule has 2 rings (SSSR count). The minimum atomic E-state index is -0.717. The normalized spacial score (nSPS) is 21.9. The molecule has 0 amide bonds. The fourth-order valence-electron chi connectivity index (χ4n) is 2.75. The van der Waals surface area contributed by atoms with Crippen molar-refractivity contribution in [1.82, 2.24) is 0 Å². The van der Waals surface area contributed by atoms with E-state index in [2.05, 4.69) is 4.90 Å². The number of hydrogen-bond donors (Lipinski definition) is 1. The number of aliphatic carboxylic acids is 1. The summed E-state index contributed by atoms with van der Waals surface area (Å²) >= 11 is 0. The van der Waals surface area contributed by atoms with Gasteiger partial charge in [-0.3, -0.25) is 4.79 Å². The summed E-state index contributed by atoms with van der Waals surface area (Å²) in [5.74, 6) is -0.254. The molecule has 4 heteroatoms. The van der Waals surface area contributed by atoms with Crippen LogP contribution in [0.2, 0.25) is 0 Å². The van der Waals surface area contributed by atoms with E-state index in [0.29, 0.717) is 6.42 Å². The number of nitrogens with zero attached hydrogens (tertiary/aromatic N) is 1. The van der Waals surface area contributed by atoms with Crippen LogP contribution >= 0.6 is 0 Å². The Kier molecular flexibility index (Phi) is 3.20. The Morgan fingerprint density at radius 1 is 1.50 bits per heavy atom. The molecule has 0 aromatic heterocycles. The highest BCUT2D eigenvalue weighted by Crippen LogP contribution is 2.39. The topological polar surface area (TPSA) is 49.8 Å². The molecule has 1 aromatic carbocycles. The highest BCUT2D eigenvalue weighted by molar-refractivity contribution is 5.74. The Labute approximate surface area is 107 Å². The Morgan fingerprint density at radius 3 is 2.78 bits per heavy atom. The average molecular weight is 249 g/mol. The molecule has 1 saturated heterocycles. The quantitative estimate of drug-likeness (QED) is 0.893. The Balaban J connectivity index is 2.31. The first-order valence-corrected chi connectivity index (χ1v) is 6.11. The lowest BCUT2D eigenvalue weighted by molar-refractivity contribution is -0.142. The molecular formula is C14H19NO3. The molecule has 1 atom stereocenters. The second kappa shape index (κ2) is 4.52. The van der Waals surface area contributed by atoms with Gasteiger partial charge >= 0.3 is 5.97 Å². The van der Waals surface area contributed by atoms with Crippen LogP contribution in [0, 0.1) is 5.92 Å². The predicted molar refractivity (Wildman–Crippen MR) is 70.2 cm³/mol. The summed E-state index contributed by atoms with van der Waals surface area (Å²) in [6.07, 6.45) is 0.680. The third kappa shape index (κ3) is 2.03. The van der Waals surface area contributed by atoms with Crippen molar-refractivity contribution in [3.8, 4) is 5.75 Å². The Bertz CT molecular complexity index is 456. The Hall–Kier alpha value is -1.71. The first-order valence-electron chi connectivity index (χ1n) is 6.11. The van der Waals surface area contributed by atoms with Crippen LogP contribution in [0.5, 0.6) is 5.75 Å². The zero-order chi connectivity index (χ0) is 13.3. The van der Waals surface area contributed by atoms with Crippen LogP contribution in [0.1, 0.15) is 20.3 Å². The fourth-order valence-corrected chi connectivity index (χ4v) is 2.75. The van der Waals surface area contributed by atoms with Gasteiger partial charge in [-0.15, -0.1) is 0 Å². The molecule has 4 nitrogen and oxygen atoms in total. The van der Waals surface area contributed by atoms with Gasteiger partial charge in [-0.1, -0.05) is 6.07 Å². The second-order valence-electron chi connectivity index (χ2n) is 5.19. The molecule has 1 heterocycles. The van der Waals surface area contributed by atoms with Gasteiger partial charge in [0.2, 0.25) is 0 Å². The zero-order valence-electron chi connectivity index (χ0n) is 11.0. The summed E-state index contributed by atoms with van der Waals surface area (Å²) in [5, 5.41) is 9.26. The van der Waals surface area contributed by atoms with Crippen LogP contribution in [-0.4, -0.2) is 30.3 Å². The predicted octanol–water partition coefficient (Wildman–Crippen LogP) is 2.38. The number of carboxylic acid groups (broad SMARTS) is 1. The van der Waals surface area contributed by atoms with Crippen molar-refractivity contribution in [2.45, 2.75) is 25.8 Å². The second-order valence-corrected chi connectivity index (χ2v) is 5.19. The molecule has 1 fully saturated rings. The summed E-state index contributed by atoms with van der Waals surface area (Å²) in [4.78, 5) is 13.4. The molecule has 0 aliphatic carbocycles. The summed E-state index contributed by atoms with van der Waals surface area (Å²) in [5.41, 5.74) is 0.640. The number of benzene rings is 1. The monoisotopic (exact) mass is 249 g/mol. The molecule has 1 N–H and O–H groups in total. The molecule has 98 valence electrons. The molecule has 1 aromatic rings. The third-order valence-corrected chi connectivity index (χ3v) is 3.85. The first kappa shape index (κ1) is 12.7. The average Bonchev–Trinajstić information content (AvgIpc) is 2.64. The van der Waals surface area contributed by atoms with Gasteiger partial charge in [0.25, 0.3) is 0 Å². The molecule has 18 heavy (non-hydrogen) atoms. The van der Waals surface area contributed by atoms with E-state index < -0.39 is 5.97 Å². The van der Waals surface area contributed by atoms with Crippen LogP contribution in [-0.2, 0) is 4.79 Å². The van der Waals surface area contributed by atoms with Crippen LogP contribution in [0.4, 0.5) is 5.69 Å². The first-order chi connectivity index (χ1) is 8.46. The van der Waals surface area contributed by atoms with Crippen LogP contribution in [0.15, 0.2) is 24.3 Å². The number of hydrogen-bond acceptors (Lipinski definition) is 3. The van der Waals surface area contributed by atoms with Crippen molar-refractivity contribution < 1.29 is 14.6 Å². The molecule has 1 unspecified atom stereocenters. The minimum absolute atomic E-state index is 0.330. The van der Waals surface area contributed by atoms with Crippen molar-refractivity contribution in [3.05, 3.63) is 24.3 Å². The van der Waals surface area contributed by atoms with Gasteiger partial charge in [0, 0.05) is 23.8 Å². The zero-order valence-corrected chi connectivity index (χ0v) is 11.0. The third-order valence-electron chi connectivity index (χ3n) is 3.85. The highest BCUT2D eigenvalue weighted by atomic mass is 16.5. The molecular weight excluding hydrogens is 230 g/mol. The Morgan fingerprint density at radius 2 is 2.22 bits per heavy atom. The van der Waals surface area contributed by atoms with Crippen molar-refractivity contribution in [1.29, 1.82) is 0 Å². The number of anilines is 1. The van der Waals surface area contributed by atoms with E-state index in [0.717, 1.165) is 18.0 Å². The van der Waals surface area contributed by atoms with E-state index in [-0.39, 0.29) is 11.5 Å². The van der Waals surface area contributed by atoms with Crippen LogP contribution in [0.25, 0.3) is 0 Å². The van der Waals surface area contributed by atoms with E-state index in [9.17, 15) is 9.90 Å². The smallest absolute Gasteiger partial charge is 0.308 e. The number of methoxy groups -OCH3 is 1. The standard InChI is InChI=1S/C14H19NO3/c1-14(2)12(13(16)17)7-8-15(14)10-5-4-6-11(9-10)18-3/h4-6,9,12H,7-8H2,1-3H3,(H,16,17). The summed E-state index contributed by atoms with van der Waals surface area (Å²) in [6, 6.07) is 7.76. The SMILES string of the molecule is COc1cccc(N2CCC(C(=O)O)C2(C)C)c1. The molecule has 1 aliphatic heterocycles. The van der Waals surface area contributed by atoms with Crippen LogP contribution in [0.3, 0.4) is 0 Å². The molecule has 0 spiro atoms. The van der Waals surface area contributed by atoms with E-state index in [1.807, 2.05) is 38.1 Å². The fraction of sp³-hybridized carbons (Fsp3) is 0.500. The van der Waals surface area contributed by atoms with Gasteiger partial charge in [0.1, 0.15) is 5.75 Å². The van der Waals surface area contributed by atoms with E-state index >= 15 is 0 Å². The summed E-state index contributed by atoms with van der Waals surface area (Å²) in [7, 11) is 1.63. The van der Waals surface area contributed by atoms with Crippen molar-refractivity contribution in [2.24, 2.45) is 5.92 Å². The molecule has 0 bridgehead atoms. The summed E-state index contributed by atoms with van der Waals surface area (Å²) in [6.45, 7) is 4.73. The lowest BCUT2D eigenvalue weighted by Crippen LogP contribution is -2.45. The van der Waals surface area contributed by atoms with Gasteiger partial charge in [-0.2, -0.15) is 0 Å². The lowest BCUT2D eigenvalue weighted by Gasteiger charge is -2.36. The molecule has 0 saturated carbocycles. The highest BCUT2D eigenvalue weighted by Gasteiger charge is 2.45. The van der Waals surface area contributed by atoms with E-state index in [4.69, 9.17) is 4.74 Å². The van der Waals surface area contributed by atoms with Crippen molar-refractivity contribution in [3.63, 3.8) is 0 Å². The van der Waals surface area contributed by atoms with E-state index in [1.165, 1.54) is 0 Å².